The van der Waals surface area contributed by atoms with E-state index in [4.69, 9.17) is 5.73 Å². The summed E-state index contributed by atoms with van der Waals surface area (Å²) in [5, 5.41) is 5.62. The van der Waals surface area contributed by atoms with Crippen molar-refractivity contribution in [1.29, 1.82) is 0 Å². The molecule has 0 spiro atoms. The van der Waals surface area contributed by atoms with E-state index in [2.05, 4.69) is 15.4 Å². The lowest BCUT2D eigenvalue weighted by molar-refractivity contribution is -0.118. The molecule has 0 saturated heterocycles. The van der Waals surface area contributed by atoms with Crippen LogP contribution < -0.4 is 21.1 Å². The zero-order chi connectivity index (χ0) is 15.2. The van der Waals surface area contributed by atoms with Gasteiger partial charge in [0.1, 0.15) is 0 Å². The molecule has 8 heteroatoms. The molecule has 1 aromatic rings. The third-order valence-electron chi connectivity index (χ3n) is 2.48. The first-order valence-electron chi connectivity index (χ1n) is 6.24. The smallest absolute Gasteiger partial charge is 0.240 e. The van der Waals surface area contributed by atoms with Crippen molar-refractivity contribution in [3.63, 3.8) is 0 Å². The highest BCUT2D eigenvalue weighted by Crippen LogP contribution is 2.22. The van der Waals surface area contributed by atoms with E-state index in [9.17, 15) is 13.2 Å². The molecule has 1 aromatic carbocycles. The number of amides is 1. The van der Waals surface area contributed by atoms with Crippen molar-refractivity contribution < 1.29 is 13.2 Å². The number of rotatable bonds is 7. The van der Waals surface area contributed by atoms with E-state index in [-0.39, 0.29) is 10.8 Å². The summed E-state index contributed by atoms with van der Waals surface area (Å²) in [5.41, 5.74) is 6.75. The van der Waals surface area contributed by atoms with Gasteiger partial charge in [-0.15, -0.1) is 0 Å². The number of nitrogen functional groups attached to an aromatic ring is 1. The Morgan fingerprint density at radius 1 is 1.30 bits per heavy atom. The maximum atomic E-state index is 11.9. The second kappa shape index (κ2) is 7.11. The average Bonchev–Trinajstić information content (AvgIpc) is 2.36. The van der Waals surface area contributed by atoms with Crippen LogP contribution in [0.3, 0.4) is 0 Å². The molecular formula is C12H20N4O3S. The van der Waals surface area contributed by atoms with Crippen LogP contribution in [0, 0.1) is 0 Å². The van der Waals surface area contributed by atoms with Crippen LogP contribution in [-0.4, -0.2) is 34.0 Å². The fourth-order valence-corrected chi connectivity index (χ4v) is 2.63. The van der Waals surface area contributed by atoms with Crippen LogP contribution in [0.1, 0.15) is 13.8 Å². The highest BCUT2D eigenvalue weighted by molar-refractivity contribution is 7.89. The third kappa shape index (κ3) is 4.71. The molecule has 0 bridgehead atoms. The Hall–Kier alpha value is -1.80. The number of hydrogen-bond acceptors (Lipinski definition) is 5. The molecule has 0 radical (unpaired) electrons. The normalized spacial score (nSPS) is 11.1. The van der Waals surface area contributed by atoms with Crippen LogP contribution in [0.5, 0.6) is 0 Å². The second-order valence-electron chi connectivity index (χ2n) is 4.16. The van der Waals surface area contributed by atoms with E-state index in [0.717, 1.165) is 0 Å². The molecule has 0 fully saturated rings. The molecule has 0 aliphatic heterocycles. The Labute approximate surface area is 119 Å². The van der Waals surface area contributed by atoms with Gasteiger partial charge in [-0.25, -0.2) is 13.1 Å². The Bertz CT molecular complexity index is 572. The van der Waals surface area contributed by atoms with Crippen LogP contribution in [0.15, 0.2) is 23.1 Å². The number of sulfonamides is 1. The van der Waals surface area contributed by atoms with Crippen LogP contribution >= 0.6 is 0 Å². The van der Waals surface area contributed by atoms with Crippen molar-refractivity contribution in [2.45, 2.75) is 18.7 Å². The molecule has 0 unspecified atom stereocenters. The topological polar surface area (TPSA) is 113 Å². The lowest BCUT2D eigenvalue weighted by Crippen LogP contribution is -2.26. The first-order valence-corrected chi connectivity index (χ1v) is 7.72. The molecule has 0 aliphatic carbocycles. The quantitative estimate of drug-likeness (QED) is 0.422. The number of nitrogens with one attached hydrogen (secondary N) is 3. The largest absolute Gasteiger partial charge is 0.397 e. The lowest BCUT2D eigenvalue weighted by atomic mass is 10.2. The van der Waals surface area contributed by atoms with Gasteiger partial charge in [-0.3, -0.25) is 4.79 Å². The fourth-order valence-electron chi connectivity index (χ4n) is 1.56. The molecule has 7 nitrogen and oxygen atoms in total. The van der Waals surface area contributed by atoms with E-state index in [1.807, 2.05) is 0 Å². The summed E-state index contributed by atoms with van der Waals surface area (Å²) in [7, 11) is -3.51. The summed E-state index contributed by atoms with van der Waals surface area (Å²) in [5.74, 6) is -0.122. The van der Waals surface area contributed by atoms with Crippen molar-refractivity contribution in [3.8, 4) is 0 Å². The van der Waals surface area contributed by atoms with Gasteiger partial charge in [0, 0.05) is 26.6 Å². The van der Waals surface area contributed by atoms with Crippen LogP contribution in [0.25, 0.3) is 0 Å². The van der Waals surface area contributed by atoms with Gasteiger partial charge in [0.2, 0.25) is 15.9 Å². The summed E-state index contributed by atoms with van der Waals surface area (Å²) in [6.45, 7) is 4.34. The van der Waals surface area contributed by atoms with Gasteiger partial charge in [-0.1, -0.05) is 6.92 Å². The van der Waals surface area contributed by atoms with Gasteiger partial charge in [0.15, 0.2) is 0 Å². The number of nitrogens with two attached hydrogens (primary N) is 1. The van der Waals surface area contributed by atoms with Crippen molar-refractivity contribution in [2.75, 3.05) is 30.7 Å². The highest BCUT2D eigenvalue weighted by atomic mass is 32.2. The molecule has 0 aliphatic rings. The summed E-state index contributed by atoms with van der Waals surface area (Å²) in [6, 6.07) is 4.46. The summed E-state index contributed by atoms with van der Waals surface area (Å²) < 4.78 is 26.2. The summed E-state index contributed by atoms with van der Waals surface area (Å²) >= 11 is 0. The molecule has 5 N–H and O–H groups in total. The van der Waals surface area contributed by atoms with E-state index < -0.39 is 10.0 Å². The van der Waals surface area contributed by atoms with Crippen molar-refractivity contribution in [1.82, 2.24) is 10.0 Å². The summed E-state index contributed by atoms with van der Waals surface area (Å²) in [4.78, 5) is 10.9. The molecule has 0 saturated carbocycles. The van der Waals surface area contributed by atoms with Crippen LogP contribution in [0.4, 0.5) is 11.4 Å². The summed E-state index contributed by atoms with van der Waals surface area (Å²) in [6.07, 6.45) is 0. The molecular weight excluding hydrogens is 280 g/mol. The zero-order valence-electron chi connectivity index (χ0n) is 11.6. The number of hydrogen-bond donors (Lipinski definition) is 4. The first-order chi connectivity index (χ1) is 9.36. The molecule has 0 atom stereocenters. The Morgan fingerprint density at radius 2 is 2.00 bits per heavy atom. The van der Waals surface area contributed by atoms with E-state index in [1.54, 1.807) is 6.92 Å². The molecule has 1 rings (SSSR count). The number of carbonyl (C=O) groups is 1. The number of carbonyl (C=O) groups excluding carboxylic acids is 1. The standard InChI is InChI=1S/C12H20N4O3S/c1-3-16-20(18,19)10-4-5-11(13)12(8-10)15-7-6-14-9(2)17/h4-5,8,15-16H,3,6-7,13H2,1-2H3,(H,14,17). The lowest BCUT2D eigenvalue weighted by Gasteiger charge is -2.12. The monoisotopic (exact) mass is 300 g/mol. The van der Waals surface area contributed by atoms with Crippen molar-refractivity contribution >= 4 is 27.3 Å². The Morgan fingerprint density at radius 3 is 2.60 bits per heavy atom. The fraction of sp³-hybridized carbons (Fsp3) is 0.417. The van der Waals surface area contributed by atoms with Gasteiger partial charge in [0.25, 0.3) is 0 Å². The average molecular weight is 300 g/mol. The Kier molecular flexibility index (Phi) is 5.78. The maximum Gasteiger partial charge on any atom is 0.240 e. The second-order valence-corrected chi connectivity index (χ2v) is 5.93. The third-order valence-corrected chi connectivity index (χ3v) is 4.03. The maximum absolute atomic E-state index is 11.9. The molecule has 20 heavy (non-hydrogen) atoms. The zero-order valence-corrected chi connectivity index (χ0v) is 12.4. The van der Waals surface area contributed by atoms with E-state index >= 15 is 0 Å². The van der Waals surface area contributed by atoms with Gasteiger partial charge in [0.05, 0.1) is 16.3 Å². The van der Waals surface area contributed by atoms with Gasteiger partial charge < -0.3 is 16.4 Å². The predicted octanol–water partition coefficient (Wildman–Crippen LogP) is 0.115. The van der Waals surface area contributed by atoms with E-state index in [1.165, 1.54) is 25.1 Å². The van der Waals surface area contributed by atoms with Gasteiger partial charge in [-0.2, -0.15) is 0 Å². The van der Waals surface area contributed by atoms with Crippen LogP contribution in [-0.2, 0) is 14.8 Å². The predicted molar refractivity (Wildman–Crippen MR) is 78.9 cm³/mol. The first kappa shape index (κ1) is 16.3. The van der Waals surface area contributed by atoms with Crippen molar-refractivity contribution in [3.05, 3.63) is 18.2 Å². The van der Waals surface area contributed by atoms with Gasteiger partial charge in [-0.05, 0) is 18.2 Å². The van der Waals surface area contributed by atoms with Crippen LogP contribution in [0.2, 0.25) is 0 Å². The molecule has 112 valence electrons. The number of benzene rings is 1. The molecule has 0 aromatic heterocycles. The minimum absolute atomic E-state index is 0.122. The minimum atomic E-state index is -3.51. The molecule has 1 amide bonds. The SMILES string of the molecule is CCNS(=O)(=O)c1ccc(N)c(NCCNC(C)=O)c1. The van der Waals surface area contributed by atoms with Crippen molar-refractivity contribution in [2.24, 2.45) is 0 Å². The minimum Gasteiger partial charge on any atom is -0.397 e. The number of anilines is 2. The Balaban J connectivity index is 2.79. The highest BCUT2D eigenvalue weighted by Gasteiger charge is 2.14. The molecule has 0 heterocycles. The van der Waals surface area contributed by atoms with Gasteiger partial charge >= 0.3 is 0 Å². The van der Waals surface area contributed by atoms with E-state index in [0.29, 0.717) is 31.0 Å².